The summed E-state index contributed by atoms with van der Waals surface area (Å²) in [5.41, 5.74) is 1.12. The number of benzene rings is 1. The summed E-state index contributed by atoms with van der Waals surface area (Å²) >= 11 is 6.41. The highest BCUT2D eigenvalue weighted by Gasteiger charge is 2.33. The Morgan fingerprint density at radius 3 is 2.64 bits per heavy atom. The van der Waals surface area contributed by atoms with Crippen molar-refractivity contribution in [3.8, 4) is 11.7 Å². The van der Waals surface area contributed by atoms with E-state index in [0.29, 0.717) is 56.1 Å². The highest BCUT2D eigenvalue weighted by Crippen LogP contribution is 2.25. The minimum absolute atomic E-state index is 0.0673. The van der Waals surface area contributed by atoms with Gasteiger partial charge in [0.15, 0.2) is 0 Å². The van der Waals surface area contributed by atoms with Gasteiger partial charge in [-0.25, -0.2) is 14.8 Å². The predicted octanol–water partition coefficient (Wildman–Crippen LogP) is 4.00. The minimum atomic E-state index is -0.289. The lowest BCUT2D eigenvalue weighted by molar-refractivity contribution is -0.121. The summed E-state index contributed by atoms with van der Waals surface area (Å²) in [5.74, 6) is 1.76. The van der Waals surface area contributed by atoms with E-state index in [1.807, 2.05) is 36.1 Å². The highest BCUT2D eigenvalue weighted by atomic mass is 35.5. The smallest absolute Gasteiger partial charge is 0.317 e. The molecule has 1 aliphatic carbocycles. The fraction of sp³-hybridized carbons (Fsp3) is 0.500. The number of hydrogen-bond donors (Lipinski definition) is 2. The number of hydrogen-bond acceptors (Lipinski definition) is 7. The molecule has 1 saturated heterocycles. The zero-order chi connectivity index (χ0) is 29.3. The van der Waals surface area contributed by atoms with Crippen molar-refractivity contribution in [1.29, 1.82) is 0 Å². The maximum Gasteiger partial charge on any atom is 0.317 e. The molecule has 3 amide bonds. The van der Waals surface area contributed by atoms with E-state index in [2.05, 4.69) is 25.5 Å². The van der Waals surface area contributed by atoms with Crippen LogP contribution in [0.1, 0.15) is 51.0 Å². The minimum Gasteiger partial charge on any atom is -0.494 e. The number of anilines is 1. The van der Waals surface area contributed by atoms with Crippen LogP contribution in [0.2, 0.25) is 5.15 Å². The van der Waals surface area contributed by atoms with Gasteiger partial charge in [-0.3, -0.25) is 9.36 Å². The Hall–Kier alpha value is -3.86. The molecule has 42 heavy (non-hydrogen) atoms. The van der Waals surface area contributed by atoms with Crippen molar-refractivity contribution >= 4 is 29.4 Å². The largest absolute Gasteiger partial charge is 0.494 e. The van der Waals surface area contributed by atoms with Crippen LogP contribution < -0.4 is 20.3 Å². The average molecular weight is 595 g/mol. The predicted molar refractivity (Wildman–Crippen MR) is 161 cm³/mol. The lowest BCUT2D eigenvalue weighted by atomic mass is 9.96. The molecule has 3 aromatic rings. The molecule has 2 N–H and O–H groups in total. The van der Waals surface area contributed by atoms with Crippen molar-refractivity contribution in [1.82, 2.24) is 35.1 Å². The second-order valence-electron chi connectivity index (χ2n) is 10.8. The molecule has 12 heteroatoms. The van der Waals surface area contributed by atoms with E-state index in [0.717, 1.165) is 37.0 Å². The van der Waals surface area contributed by atoms with Crippen LogP contribution >= 0.6 is 11.6 Å². The molecule has 5 rings (SSSR count). The molecule has 1 unspecified atom stereocenters. The van der Waals surface area contributed by atoms with Crippen LogP contribution in [0.5, 0.6) is 5.75 Å². The first kappa shape index (κ1) is 29.6. The number of ether oxygens (including phenoxy) is 1. The molecule has 0 spiro atoms. The normalized spacial score (nSPS) is 17.6. The number of rotatable bonds is 10. The fourth-order valence-corrected chi connectivity index (χ4v) is 5.79. The van der Waals surface area contributed by atoms with Gasteiger partial charge in [-0.15, -0.1) is 0 Å². The summed E-state index contributed by atoms with van der Waals surface area (Å²) in [6.45, 7) is 4.51. The second kappa shape index (κ2) is 14.4. The van der Waals surface area contributed by atoms with E-state index in [1.165, 1.54) is 6.42 Å². The van der Waals surface area contributed by atoms with Crippen LogP contribution in [-0.2, 0) is 11.2 Å². The third-order valence-electron chi connectivity index (χ3n) is 7.79. The quantitative estimate of drug-likeness (QED) is 0.341. The summed E-state index contributed by atoms with van der Waals surface area (Å²) in [6.07, 6.45) is 11.5. The van der Waals surface area contributed by atoms with Crippen molar-refractivity contribution in [2.24, 2.45) is 0 Å². The Labute approximate surface area is 251 Å². The number of imidazole rings is 1. The van der Waals surface area contributed by atoms with Crippen molar-refractivity contribution in [2.75, 3.05) is 37.7 Å². The average Bonchev–Trinajstić information content (AvgIpc) is 3.54. The number of nitrogens with zero attached hydrogens (tertiary/aromatic N) is 6. The molecule has 11 nitrogen and oxygen atoms in total. The molecule has 224 valence electrons. The Bertz CT molecular complexity index is 1310. The topological polar surface area (TPSA) is 118 Å². The SMILES string of the molecule is CCOc1ccc(CCNC(=O)CC2CN(C(=O)NC3CCCCC3)CCN2c2cc(Cl)nc(-n3ccnc3)n2)cc1. The van der Waals surface area contributed by atoms with Gasteiger partial charge in [0.1, 0.15) is 23.0 Å². The number of carbonyl (C=O) groups excluding carboxylic acids is 2. The Balaban J connectivity index is 1.26. The third kappa shape index (κ3) is 7.90. The first-order chi connectivity index (χ1) is 20.5. The standard InChI is InChI=1S/C30H39ClN8O3/c1-2-42-25-10-8-22(9-11-25)12-13-33-28(40)18-24-20-37(30(41)34-23-6-4-3-5-7-23)16-17-39(24)27-19-26(31)35-29(36-27)38-15-14-32-21-38/h8-11,14-15,19,21,23-24H,2-7,12-13,16-18,20H2,1H3,(H,33,40)(H,34,41). The van der Waals surface area contributed by atoms with Gasteiger partial charge in [0.05, 0.1) is 12.6 Å². The lowest BCUT2D eigenvalue weighted by Crippen LogP contribution is -2.59. The Morgan fingerprint density at radius 2 is 1.90 bits per heavy atom. The molecule has 2 aromatic heterocycles. The first-order valence-electron chi connectivity index (χ1n) is 14.8. The maximum atomic E-state index is 13.2. The van der Waals surface area contributed by atoms with Crippen LogP contribution in [0, 0.1) is 0 Å². The van der Waals surface area contributed by atoms with Crippen molar-refractivity contribution in [2.45, 2.75) is 64.0 Å². The van der Waals surface area contributed by atoms with Crippen molar-refractivity contribution in [3.05, 3.63) is 59.8 Å². The van der Waals surface area contributed by atoms with E-state index in [9.17, 15) is 9.59 Å². The van der Waals surface area contributed by atoms with Crippen molar-refractivity contribution < 1.29 is 14.3 Å². The van der Waals surface area contributed by atoms with Crippen LogP contribution in [0.3, 0.4) is 0 Å². The van der Waals surface area contributed by atoms with Gasteiger partial charge in [-0.2, -0.15) is 4.98 Å². The summed E-state index contributed by atoms with van der Waals surface area (Å²) in [6, 6.07) is 9.48. The first-order valence-corrected chi connectivity index (χ1v) is 15.2. The Morgan fingerprint density at radius 1 is 1.10 bits per heavy atom. The molecule has 0 radical (unpaired) electrons. The van der Waals surface area contributed by atoms with Crippen LogP contribution in [0.15, 0.2) is 49.1 Å². The molecule has 2 aliphatic rings. The van der Waals surface area contributed by atoms with Crippen molar-refractivity contribution in [3.63, 3.8) is 0 Å². The third-order valence-corrected chi connectivity index (χ3v) is 7.99. The fourth-order valence-electron chi connectivity index (χ4n) is 5.61. The molecule has 1 aromatic carbocycles. The number of urea groups is 1. The summed E-state index contributed by atoms with van der Waals surface area (Å²) < 4.78 is 7.20. The molecule has 3 heterocycles. The summed E-state index contributed by atoms with van der Waals surface area (Å²) in [4.78, 5) is 43.4. The molecular weight excluding hydrogens is 556 g/mol. The van der Waals surface area contributed by atoms with E-state index >= 15 is 0 Å². The van der Waals surface area contributed by atoms with Gasteiger partial charge in [-0.1, -0.05) is 43.0 Å². The second-order valence-corrected chi connectivity index (χ2v) is 11.2. The van der Waals surface area contributed by atoms with Crippen LogP contribution in [-0.4, -0.2) is 81.2 Å². The number of piperazine rings is 1. The lowest BCUT2D eigenvalue weighted by Gasteiger charge is -2.42. The monoisotopic (exact) mass is 594 g/mol. The molecule has 2 fully saturated rings. The number of amides is 3. The molecular formula is C30H39ClN8O3. The van der Waals surface area contributed by atoms with E-state index in [1.54, 1.807) is 29.4 Å². The highest BCUT2D eigenvalue weighted by molar-refractivity contribution is 6.29. The number of nitrogens with one attached hydrogen (secondary N) is 2. The van der Waals surface area contributed by atoms with Gasteiger partial charge in [0.2, 0.25) is 11.9 Å². The summed E-state index contributed by atoms with van der Waals surface area (Å²) in [5, 5.41) is 6.57. The zero-order valence-corrected chi connectivity index (χ0v) is 24.8. The molecule has 0 bridgehead atoms. The van der Waals surface area contributed by atoms with Gasteiger partial charge in [-0.05, 0) is 43.9 Å². The zero-order valence-electron chi connectivity index (χ0n) is 24.0. The van der Waals surface area contributed by atoms with Crippen LogP contribution in [0.4, 0.5) is 10.6 Å². The molecule has 1 atom stereocenters. The van der Waals surface area contributed by atoms with Gasteiger partial charge >= 0.3 is 6.03 Å². The van der Waals surface area contributed by atoms with Gasteiger partial charge in [0, 0.05) is 57.1 Å². The molecule has 1 aliphatic heterocycles. The van der Waals surface area contributed by atoms with E-state index in [4.69, 9.17) is 21.3 Å². The number of carbonyl (C=O) groups is 2. The van der Waals surface area contributed by atoms with Gasteiger partial charge < -0.3 is 25.2 Å². The Kier molecular flexibility index (Phi) is 10.1. The van der Waals surface area contributed by atoms with Crippen LogP contribution in [0.25, 0.3) is 5.95 Å². The number of halogens is 1. The number of aromatic nitrogens is 4. The maximum absolute atomic E-state index is 13.2. The summed E-state index contributed by atoms with van der Waals surface area (Å²) in [7, 11) is 0. The molecule has 1 saturated carbocycles. The van der Waals surface area contributed by atoms with Gasteiger partial charge in [0.25, 0.3) is 0 Å². The van der Waals surface area contributed by atoms with E-state index in [-0.39, 0.29) is 30.4 Å². The van der Waals surface area contributed by atoms with E-state index < -0.39 is 0 Å².